The van der Waals surface area contributed by atoms with Gasteiger partial charge in [0.05, 0.1) is 10.4 Å². The summed E-state index contributed by atoms with van der Waals surface area (Å²) >= 11 is 1.17. The molecule has 0 aliphatic carbocycles. The molecule has 0 spiro atoms. The third-order valence-corrected chi connectivity index (χ3v) is 2.23. The highest BCUT2D eigenvalue weighted by Gasteiger charge is 2.10. The van der Waals surface area contributed by atoms with E-state index in [0.717, 1.165) is 0 Å². The van der Waals surface area contributed by atoms with E-state index in [-0.39, 0.29) is 5.78 Å². The second kappa shape index (κ2) is 3.40. The molecule has 0 atom stereocenters. The Bertz CT molecular complexity index is 399. The summed E-state index contributed by atoms with van der Waals surface area (Å²) in [6, 6.07) is 1.68. The quantitative estimate of drug-likeness (QED) is 0.668. The molecule has 0 unspecified atom stereocenters. The van der Waals surface area contributed by atoms with Crippen LogP contribution < -0.4 is 0 Å². The van der Waals surface area contributed by atoms with Gasteiger partial charge in [0.25, 0.3) is 0 Å². The number of carbonyl (C=O) groups excluding carboxylic acids is 1. The van der Waals surface area contributed by atoms with Gasteiger partial charge >= 0.3 is 0 Å². The molecule has 2 heterocycles. The van der Waals surface area contributed by atoms with Crippen molar-refractivity contribution in [3.8, 4) is 0 Å². The van der Waals surface area contributed by atoms with Gasteiger partial charge in [-0.2, -0.15) is 0 Å². The number of rotatable bonds is 2. The van der Waals surface area contributed by atoms with Crippen molar-refractivity contribution in [2.75, 3.05) is 0 Å². The Balaban J connectivity index is 2.34. The van der Waals surface area contributed by atoms with Crippen LogP contribution >= 0.6 is 11.5 Å². The molecule has 0 N–H and O–H groups in total. The molecule has 13 heavy (non-hydrogen) atoms. The number of hydrogen-bond donors (Lipinski definition) is 0. The van der Waals surface area contributed by atoms with Gasteiger partial charge in [0.15, 0.2) is 0 Å². The van der Waals surface area contributed by atoms with E-state index in [2.05, 4.69) is 14.3 Å². The zero-order chi connectivity index (χ0) is 9.10. The molecule has 5 heteroatoms. The fourth-order valence-electron chi connectivity index (χ4n) is 0.892. The van der Waals surface area contributed by atoms with Crippen molar-refractivity contribution in [3.05, 3.63) is 41.4 Å². The van der Waals surface area contributed by atoms with Crippen molar-refractivity contribution >= 4 is 17.3 Å². The monoisotopic (exact) mass is 191 g/mol. The minimum absolute atomic E-state index is 0.0805. The first kappa shape index (κ1) is 8.00. The van der Waals surface area contributed by atoms with E-state index in [1.807, 2.05) is 0 Å². The van der Waals surface area contributed by atoms with Gasteiger partial charge in [-0.05, 0) is 17.6 Å². The van der Waals surface area contributed by atoms with E-state index >= 15 is 0 Å². The molecular formula is C8H5N3OS. The van der Waals surface area contributed by atoms with Gasteiger partial charge in [0.2, 0.25) is 5.78 Å². The molecule has 2 rings (SSSR count). The minimum atomic E-state index is -0.0805. The van der Waals surface area contributed by atoms with E-state index in [4.69, 9.17) is 0 Å². The second-order valence-electron chi connectivity index (χ2n) is 2.33. The molecule has 0 aliphatic rings. The zero-order valence-corrected chi connectivity index (χ0v) is 7.36. The van der Waals surface area contributed by atoms with Crippen LogP contribution in [0.3, 0.4) is 0 Å². The highest BCUT2D eigenvalue weighted by molar-refractivity contribution is 7.08. The molecule has 0 aliphatic heterocycles. The lowest BCUT2D eigenvalue weighted by molar-refractivity contribution is 0.104. The molecule has 2 aromatic heterocycles. The normalized spacial score (nSPS) is 9.85. The van der Waals surface area contributed by atoms with E-state index in [1.165, 1.54) is 30.3 Å². The Morgan fingerprint density at radius 3 is 2.69 bits per heavy atom. The van der Waals surface area contributed by atoms with Crippen molar-refractivity contribution in [2.24, 2.45) is 0 Å². The predicted octanol–water partition coefficient (Wildman–Crippen LogP) is 1.16. The molecule has 0 bridgehead atoms. The summed E-state index contributed by atoms with van der Waals surface area (Å²) in [6.07, 6.45) is 5.98. The van der Waals surface area contributed by atoms with Gasteiger partial charge < -0.3 is 0 Å². The average Bonchev–Trinajstić information content (AvgIpc) is 2.71. The Labute approximate surface area is 78.5 Å². The molecule has 0 aromatic carbocycles. The van der Waals surface area contributed by atoms with Gasteiger partial charge in [-0.15, -0.1) is 0 Å². The molecule has 0 amide bonds. The fraction of sp³-hybridized carbons (Fsp3) is 0. The van der Waals surface area contributed by atoms with E-state index in [9.17, 15) is 4.79 Å². The molecule has 0 radical (unpaired) electrons. The van der Waals surface area contributed by atoms with Gasteiger partial charge in [-0.1, -0.05) is 0 Å². The second-order valence-corrected chi connectivity index (χ2v) is 3.17. The smallest absolute Gasteiger partial charge is 0.207 e. The van der Waals surface area contributed by atoms with Crippen LogP contribution in [0.4, 0.5) is 0 Å². The Morgan fingerprint density at radius 1 is 1.31 bits per heavy atom. The maximum atomic E-state index is 11.6. The Hall–Kier alpha value is -1.62. The van der Waals surface area contributed by atoms with Crippen LogP contribution in [0.25, 0.3) is 0 Å². The molecule has 0 saturated heterocycles. The standard InChI is InChI=1S/C8H5N3OS/c12-8(7-1-2-11-13-7)6-3-9-5-10-4-6/h1-5H. The molecular weight excluding hydrogens is 186 g/mol. The number of hydrogen-bond acceptors (Lipinski definition) is 5. The Kier molecular flexibility index (Phi) is 2.09. The van der Waals surface area contributed by atoms with Crippen LogP contribution in [0, 0.1) is 0 Å². The predicted molar refractivity (Wildman–Crippen MR) is 47.6 cm³/mol. The van der Waals surface area contributed by atoms with Crippen LogP contribution in [0.1, 0.15) is 15.2 Å². The summed E-state index contributed by atoms with van der Waals surface area (Å²) in [5.74, 6) is -0.0805. The third-order valence-electron chi connectivity index (χ3n) is 1.48. The molecule has 0 saturated carbocycles. The van der Waals surface area contributed by atoms with Crippen molar-refractivity contribution in [1.29, 1.82) is 0 Å². The summed E-state index contributed by atoms with van der Waals surface area (Å²) in [4.78, 5) is 19.7. The summed E-state index contributed by atoms with van der Waals surface area (Å²) in [5.41, 5.74) is 0.492. The van der Waals surface area contributed by atoms with Gasteiger partial charge in [-0.25, -0.2) is 14.3 Å². The number of carbonyl (C=O) groups is 1. The van der Waals surface area contributed by atoms with Crippen molar-refractivity contribution < 1.29 is 4.79 Å². The van der Waals surface area contributed by atoms with Gasteiger partial charge in [0.1, 0.15) is 6.33 Å². The summed E-state index contributed by atoms with van der Waals surface area (Å²) in [7, 11) is 0. The van der Waals surface area contributed by atoms with Crippen molar-refractivity contribution in [3.63, 3.8) is 0 Å². The van der Waals surface area contributed by atoms with E-state index in [1.54, 1.807) is 12.3 Å². The lowest BCUT2D eigenvalue weighted by Crippen LogP contribution is -1.99. The SMILES string of the molecule is O=C(c1cncnc1)c1ccns1. The maximum absolute atomic E-state index is 11.6. The lowest BCUT2D eigenvalue weighted by Gasteiger charge is -1.93. The average molecular weight is 191 g/mol. The summed E-state index contributed by atoms with van der Waals surface area (Å²) in [6.45, 7) is 0. The fourth-order valence-corrected chi connectivity index (χ4v) is 1.45. The number of ketones is 1. The highest BCUT2D eigenvalue weighted by atomic mass is 32.1. The topological polar surface area (TPSA) is 55.7 Å². The number of aromatic nitrogens is 3. The van der Waals surface area contributed by atoms with Crippen LogP contribution in [-0.4, -0.2) is 20.1 Å². The van der Waals surface area contributed by atoms with Crippen LogP contribution in [-0.2, 0) is 0 Å². The summed E-state index contributed by atoms with van der Waals surface area (Å²) < 4.78 is 3.85. The summed E-state index contributed by atoms with van der Waals surface area (Å²) in [5, 5.41) is 0. The number of nitrogens with zero attached hydrogens (tertiary/aromatic N) is 3. The van der Waals surface area contributed by atoms with E-state index in [0.29, 0.717) is 10.4 Å². The highest BCUT2D eigenvalue weighted by Crippen LogP contribution is 2.10. The minimum Gasteiger partial charge on any atom is -0.288 e. The maximum Gasteiger partial charge on any atom is 0.207 e. The van der Waals surface area contributed by atoms with Gasteiger partial charge in [-0.3, -0.25) is 4.79 Å². The molecule has 0 fully saturated rings. The van der Waals surface area contributed by atoms with Gasteiger partial charge in [0, 0.05) is 18.6 Å². The molecule has 4 nitrogen and oxygen atoms in total. The molecule has 64 valence electrons. The first-order chi connectivity index (χ1) is 6.38. The third kappa shape index (κ3) is 1.59. The van der Waals surface area contributed by atoms with Crippen LogP contribution in [0.5, 0.6) is 0 Å². The lowest BCUT2D eigenvalue weighted by atomic mass is 10.2. The Morgan fingerprint density at radius 2 is 2.08 bits per heavy atom. The van der Waals surface area contributed by atoms with Crippen LogP contribution in [0.15, 0.2) is 31.0 Å². The largest absolute Gasteiger partial charge is 0.288 e. The first-order valence-corrected chi connectivity index (χ1v) is 4.35. The molecule has 2 aromatic rings. The van der Waals surface area contributed by atoms with Crippen molar-refractivity contribution in [2.45, 2.75) is 0 Å². The van der Waals surface area contributed by atoms with Crippen molar-refractivity contribution in [1.82, 2.24) is 14.3 Å². The first-order valence-electron chi connectivity index (χ1n) is 3.58. The van der Waals surface area contributed by atoms with Crippen LogP contribution in [0.2, 0.25) is 0 Å². The zero-order valence-electron chi connectivity index (χ0n) is 6.54. The van der Waals surface area contributed by atoms with E-state index < -0.39 is 0 Å².